The number of aryl methyl sites for hydroxylation is 1. The molecule has 0 fully saturated rings. The molecule has 1 aliphatic rings. The Hall–Kier alpha value is -3.76. The van der Waals surface area contributed by atoms with Crippen molar-refractivity contribution in [3.8, 4) is 6.07 Å². The number of rotatable bonds is 9. The molecule has 186 valence electrons. The molecule has 0 atom stereocenters. The molecule has 0 aliphatic heterocycles. The molecule has 0 bridgehead atoms. The molecule has 13 heteroatoms. The molecular weight excluding hydrogens is 502 g/mol. The predicted octanol–water partition coefficient (Wildman–Crippen LogP) is 3.68. The lowest BCUT2D eigenvalue weighted by molar-refractivity contribution is -0.384. The van der Waals surface area contributed by atoms with E-state index in [1.807, 2.05) is 6.92 Å². The summed E-state index contributed by atoms with van der Waals surface area (Å²) in [7, 11) is 0. The van der Waals surface area contributed by atoms with Gasteiger partial charge < -0.3 is 15.2 Å². The Morgan fingerprint density at radius 3 is 2.86 bits per heavy atom. The number of carbonyl (C=O) groups excluding carboxylic acids is 2. The first kappa shape index (κ1) is 25.3. The minimum atomic E-state index is -0.558. The number of nitrogens with zero attached hydrogens (tertiary/aromatic N) is 5. The van der Waals surface area contributed by atoms with E-state index in [2.05, 4.69) is 26.9 Å². The van der Waals surface area contributed by atoms with Crippen LogP contribution in [0.25, 0.3) is 0 Å². The van der Waals surface area contributed by atoms with Crippen molar-refractivity contribution in [2.24, 2.45) is 0 Å². The smallest absolute Gasteiger partial charge is 0.270 e. The number of aromatic nitrogens is 3. The Morgan fingerprint density at radius 2 is 2.11 bits per heavy atom. The third-order valence-electron chi connectivity index (χ3n) is 5.70. The van der Waals surface area contributed by atoms with E-state index in [-0.39, 0.29) is 29.5 Å². The maximum atomic E-state index is 12.6. The monoisotopic (exact) mass is 525 g/mol. The zero-order valence-corrected chi connectivity index (χ0v) is 21.1. The lowest BCUT2D eigenvalue weighted by Crippen LogP contribution is -2.25. The highest BCUT2D eigenvalue weighted by Gasteiger charge is 2.22. The van der Waals surface area contributed by atoms with Gasteiger partial charge in [0, 0.05) is 29.1 Å². The maximum absolute atomic E-state index is 12.6. The summed E-state index contributed by atoms with van der Waals surface area (Å²) in [6.07, 6.45) is 3.98. The number of amides is 2. The number of nitriles is 1. The lowest BCUT2D eigenvalue weighted by Gasteiger charge is -2.09. The van der Waals surface area contributed by atoms with E-state index in [4.69, 9.17) is 0 Å². The molecule has 2 aromatic heterocycles. The van der Waals surface area contributed by atoms with Crippen molar-refractivity contribution in [3.05, 3.63) is 61.8 Å². The molecule has 11 nitrogen and oxygen atoms in total. The van der Waals surface area contributed by atoms with Crippen molar-refractivity contribution < 1.29 is 14.5 Å². The van der Waals surface area contributed by atoms with Gasteiger partial charge >= 0.3 is 0 Å². The van der Waals surface area contributed by atoms with Crippen molar-refractivity contribution in [2.45, 2.75) is 50.9 Å². The van der Waals surface area contributed by atoms with Crippen LogP contribution in [0.4, 0.5) is 10.7 Å². The van der Waals surface area contributed by atoms with E-state index in [1.165, 1.54) is 52.2 Å². The van der Waals surface area contributed by atoms with Crippen LogP contribution in [0.5, 0.6) is 0 Å². The van der Waals surface area contributed by atoms with Gasteiger partial charge in [-0.05, 0) is 44.2 Å². The van der Waals surface area contributed by atoms with E-state index < -0.39 is 10.8 Å². The summed E-state index contributed by atoms with van der Waals surface area (Å²) in [4.78, 5) is 36.6. The van der Waals surface area contributed by atoms with Gasteiger partial charge in [-0.3, -0.25) is 19.7 Å². The molecule has 36 heavy (non-hydrogen) atoms. The fourth-order valence-electron chi connectivity index (χ4n) is 3.96. The third kappa shape index (κ3) is 5.55. The molecule has 0 saturated heterocycles. The van der Waals surface area contributed by atoms with Crippen molar-refractivity contribution >= 4 is 45.6 Å². The molecule has 0 saturated carbocycles. The number of nitro groups is 1. The Labute approximate surface area is 215 Å². The van der Waals surface area contributed by atoms with Gasteiger partial charge in [0.15, 0.2) is 11.0 Å². The van der Waals surface area contributed by atoms with Crippen molar-refractivity contribution in [1.82, 2.24) is 20.1 Å². The summed E-state index contributed by atoms with van der Waals surface area (Å²) in [5, 5.41) is 35.5. The van der Waals surface area contributed by atoms with E-state index in [0.717, 1.165) is 31.2 Å². The van der Waals surface area contributed by atoms with Gasteiger partial charge in [-0.1, -0.05) is 17.8 Å². The molecule has 1 aliphatic carbocycles. The number of thioether (sulfide) groups is 1. The normalized spacial score (nSPS) is 12.4. The van der Waals surface area contributed by atoms with Crippen LogP contribution in [-0.4, -0.2) is 37.3 Å². The number of carbonyl (C=O) groups is 2. The second kappa shape index (κ2) is 11.3. The number of hydrogen-bond donors (Lipinski definition) is 2. The summed E-state index contributed by atoms with van der Waals surface area (Å²) >= 11 is 2.70. The molecule has 0 spiro atoms. The lowest BCUT2D eigenvalue weighted by atomic mass is 9.96. The molecule has 0 radical (unpaired) electrons. The van der Waals surface area contributed by atoms with Gasteiger partial charge in [-0.25, -0.2) is 0 Å². The third-order valence-corrected chi connectivity index (χ3v) is 7.88. The number of hydrogen-bond acceptors (Lipinski definition) is 9. The number of nitro benzene ring substituents is 1. The van der Waals surface area contributed by atoms with Gasteiger partial charge in [-0.15, -0.1) is 21.5 Å². The van der Waals surface area contributed by atoms with E-state index in [9.17, 15) is 25.0 Å². The fraction of sp³-hybridized carbons (Fsp3) is 0.348. The minimum Gasteiger partial charge on any atom is -0.345 e. The highest BCUT2D eigenvalue weighted by molar-refractivity contribution is 7.99. The highest BCUT2D eigenvalue weighted by Crippen LogP contribution is 2.37. The Morgan fingerprint density at radius 1 is 1.31 bits per heavy atom. The Kier molecular flexibility index (Phi) is 7.97. The number of non-ortho nitro benzene ring substituents is 1. The van der Waals surface area contributed by atoms with Crippen LogP contribution in [-0.2, 0) is 30.7 Å². The number of benzene rings is 1. The van der Waals surface area contributed by atoms with Crippen LogP contribution < -0.4 is 10.6 Å². The average Bonchev–Trinajstić information content (AvgIpc) is 3.45. The van der Waals surface area contributed by atoms with Gasteiger partial charge in [0.25, 0.3) is 11.6 Å². The van der Waals surface area contributed by atoms with E-state index in [0.29, 0.717) is 28.1 Å². The second-order valence-corrected chi connectivity index (χ2v) is 10.0. The molecular formula is C23H23N7O4S2. The molecule has 1 aromatic carbocycles. The molecule has 2 N–H and O–H groups in total. The van der Waals surface area contributed by atoms with Crippen molar-refractivity contribution in [2.75, 3.05) is 11.1 Å². The Balaban J connectivity index is 1.36. The van der Waals surface area contributed by atoms with Gasteiger partial charge in [0.2, 0.25) is 5.91 Å². The van der Waals surface area contributed by atoms with Crippen LogP contribution in [0.3, 0.4) is 0 Å². The summed E-state index contributed by atoms with van der Waals surface area (Å²) in [6.45, 7) is 2.49. The maximum Gasteiger partial charge on any atom is 0.270 e. The van der Waals surface area contributed by atoms with Crippen LogP contribution in [0.1, 0.15) is 52.0 Å². The first-order valence-electron chi connectivity index (χ1n) is 11.3. The molecule has 0 unspecified atom stereocenters. The van der Waals surface area contributed by atoms with Crippen molar-refractivity contribution in [1.29, 1.82) is 5.26 Å². The van der Waals surface area contributed by atoms with Crippen LogP contribution in [0.15, 0.2) is 29.4 Å². The molecule has 4 rings (SSSR count). The summed E-state index contributed by atoms with van der Waals surface area (Å²) < 4.78 is 1.79. The number of anilines is 1. The zero-order chi connectivity index (χ0) is 25.7. The number of thiophene rings is 1. The van der Waals surface area contributed by atoms with Gasteiger partial charge in [0.1, 0.15) is 11.1 Å². The molecule has 2 amide bonds. The summed E-state index contributed by atoms with van der Waals surface area (Å²) in [5.74, 6) is -0.117. The van der Waals surface area contributed by atoms with Crippen molar-refractivity contribution in [3.63, 3.8) is 0 Å². The Bertz CT molecular complexity index is 1360. The zero-order valence-electron chi connectivity index (χ0n) is 19.4. The van der Waals surface area contributed by atoms with Crippen LogP contribution >= 0.6 is 23.1 Å². The van der Waals surface area contributed by atoms with Gasteiger partial charge in [-0.2, -0.15) is 5.26 Å². The first-order chi connectivity index (χ1) is 17.4. The highest BCUT2D eigenvalue weighted by atomic mass is 32.2. The topological polar surface area (TPSA) is 156 Å². The fourth-order valence-corrected chi connectivity index (χ4v) is 6.04. The average molecular weight is 526 g/mol. The van der Waals surface area contributed by atoms with Gasteiger partial charge in [0.05, 0.1) is 22.8 Å². The SMILES string of the molecule is CCn1c(CNC(=O)c2cccc([N+](=O)[O-])c2)nnc1SCC(=O)Nc1sc2c(c1C#N)CCCC2. The van der Waals surface area contributed by atoms with E-state index in [1.54, 1.807) is 4.57 Å². The predicted molar refractivity (Wildman–Crippen MR) is 135 cm³/mol. The number of nitrogens with one attached hydrogen (secondary N) is 2. The quantitative estimate of drug-likeness (QED) is 0.243. The minimum absolute atomic E-state index is 0.0708. The van der Waals surface area contributed by atoms with Crippen LogP contribution in [0, 0.1) is 21.4 Å². The number of fused-ring (bicyclic) bond motifs is 1. The largest absolute Gasteiger partial charge is 0.345 e. The van der Waals surface area contributed by atoms with E-state index >= 15 is 0 Å². The molecule has 2 heterocycles. The second-order valence-electron chi connectivity index (χ2n) is 8.00. The summed E-state index contributed by atoms with van der Waals surface area (Å²) in [5.41, 5.74) is 1.65. The molecule has 3 aromatic rings. The van der Waals surface area contributed by atoms with Crippen LogP contribution in [0.2, 0.25) is 0 Å². The first-order valence-corrected chi connectivity index (χ1v) is 13.1. The summed E-state index contributed by atoms with van der Waals surface area (Å²) in [6, 6.07) is 7.72. The standard InChI is InChI=1S/C23H23N7O4S2/c1-2-29-19(12-25-21(32)14-6-5-7-15(10-14)30(33)34)27-28-23(29)35-13-20(31)26-22-17(11-24)16-8-3-4-9-18(16)36-22/h5-7,10H,2-4,8-9,12-13H2,1H3,(H,25,32)(H,26,31).